The van der Waals surface area contributed by atoms with E-state index in [0.717, 1.165) is 22.9 Å². The molecule has 140 valence electrons. The predicted octanol–water partition coefficient (Wildman–Crippen LogP) is 3.39. The van der Waals surface area contributed by atoms with E-state index in [2.05, 4.69) is 21.2 Å². The van der Waals surface area contributed by atoms with Crippen molar-refractivity contribution >= 4 is 27.7 Å². The van der Waals surface area contributed by atoms with Crippen LogP contribution >= 0.6 is 15.9 Å². The van der Waals surface area contributed by atoms with Crippen molar-refractivity contribution in [2.24, 2.45) is 5.92 Å². The molecule has 2 fully saturated rings. The second-order valence-corrected chi connectivity index (χ2v) is 8.52. The minimum atomic E-state index is -4.19. The number of rotatable bonds is 3. The Kier molecular flexibility index (Phi) is 4.09. The van der Waals surface area contributed by atoms with Crippen LogP contribution in [0.2, 0.25) is 0 Å². The maximum absolute atomic E-state index is 12.7. The smallest absolute Gasteiger partial charge is 0.352 e. The Hall–Kier alpha value is -1.57. The fourth-order valence-electron chi connectivity index (χ4n) is 3.99. The van der Waals surface area contributed by atoms with E-state index in [0.29, 0.717) is 12.1 Å². The Balaban J connectivity index is 1.40. The maximum atomic E-state index is 12.7. The molecule has 0 radical (unpaired) electrons. The largest absolute Gasteiger partial charge is 0.391 e. The zero-order chi connectivity index (χ0) is 18.7. The zero-order valence-corrected chi connectivity index (χ0v) is 15.5. The van der Waals surface area contributed by atoms with E-state index in [-0.39, 0.29) is 36.6 Å². The van der Waals surface area contributed by atoms with Crippen molar-refractivity contribution in [2.45, 2.75) is 43.3 Å². The summed E-state index contributed by atoms with van der Waals surface area (Å²) in [5.74, 6) is -1.91. The molecule has 0 atom stereocenters. The highest BCUT2D eigenvalue weighted by atomic mass is 79.9. The number of hydrogen-bond acceptors (Lipinski definition) is 2. The van der Waals surface area contributed by atoms with Crippen LogP contribution in [-0.2, 0) is 10.2 Å². The lowest BCUT2D eigenvalue weighted by atomic mass is 9.80. The summed E-state index contributed by atoms with van der Waals surface area (Å²) in [5.41, 5.74) is 1.57. The molecule has 26 heavy (non-hydrogen) atoms. The maximum Gasteiger partial charge on any atom is 0.391 e. The van der Waals surface area contributed by atoms with Gasteiger partial charge >= 0.3 is 6.18 Å². The number of carbonyl (C=O) groups is 2. The first-order valence-corrected chi connectivity index (χ1v) is 9.43. The summed E-state index contributed by atoms with van der Waals surface area (Å²) in [6, 6.07) is 5.10. The van der Waals surface area contributed by atoms with Crippen molar-refractivity contribution in [1.82, 2.24) is 10.2 Å². The summed E-state index contributed by atoms with van der Waals surface area (Å²) in [5, 5.41) is 2.63. The molecule has 4 nitrogen and oxygen atoms in total. The van der Waals surface area contributed by atoms with E-state index in [1.807, 2.05) is 12.1 Å². The Bertz CT molecular complexity index is 770. The number of fused-ring (bicyclic) bond motifs is 2. The lowest BCUT2D eigenvalue weighted by Crippen LogP contribution is -2.53. The van der Waals surface area contributed by atoms with Gasteiger partial charge in [0.25, 0.3) is 5.91 Å². The van der Waals surface area contributed by atoms with Gasteiger partial charge in [0.05, 0.1) is 12.5 Å². The van der Waals surface area contributed by atoms with E-state index in [9.17, 15) is 22.8 Å². The lowest BCUT2D eigenvalue weighted by molar-refractivity contribution is -0.199. The van der Waals surface area contributed by atoms with Crippen LogP contribution in [0, 0.1) is 5.92 Å². The van der Waals surface area contributed by atoms with Crippen LogP contribution in [0.4, 0.5) is 13.2 Å². The van der Waals surface area contributed by atoms with Gasteiger partial charge in [0.1, 0.15) is 0 Å². The average Bonchev–Trinajstić information content (AvgIpc) is 3.27. The number of amides is 2. The normalized spacial score (nSPS) is 26.3. The standard InChI is InChI=1S/C18H18BrF3N2O2/c19-11-1-2-13-14(7-11)17(3-4-17)9-24(16(13)26)8-15(25)23-12-5-10(6-12)18(20,21)22/h1-2,7,10,12H,3-6,8-9H2,(H,23,25). The molecule has 8 heteroatoms. The first-order chi connectivity index (χ1) is 12.2. The number of benzene rings is 1. The van der Waals surface area contributed by atoms with Crippen molar-refractivity contribution in [3.05, 3.63) is 33.8 Å². The summed E-state index contributed by atoms with van der Waals surface area (Å²) in [6.07, 6.45) is -2.41. The summed E-state index contributed by atoms with van der Waals surface area (Å²) in [7, 11) is 0. The molecule has 1 spiro atoms. The lowest BCUT2D eigenvalue weighted by Gasteiger charge is -2.38. The monoisotopic (exact) mass is 430 g/mol. The fourth-order valence-corrected chi connectivity index (χ4v) is 4.35. The highest BCUT2D eigenvalue weighted by molar-refractivity contribution is 9.10. The van der Waals surface area contributed by atoms with Crippen LogP contribution in [0.1, 0.15) is 41.6 Å². The van der Waals surface area contributed by atoms with E-state index < -0.39 is 18.1 Å². The van der Waals surface area contributed by atoms with Crippen molar-refractivity contribution in [3.63, 3.8) is 0 Å². The van der Waals surface area contributed by atoms with Crippen molar-refractivity contribution in [2.75, 3.05) is 13.1 Å². The van der Waals surface area contributed by atoms with E-state index >= 15 is 0 Å². The minimum absolute atomic E-state index is 0.0782. The van der Waals surface area contributed by atoms with Gasteiger partial charge < -0.3 is 10.2 Å². The highest BCUT2D eigenvalue weighted by Gasteiger charge is 2.52. The fraction of sp³-hybridized carbons (Fsp3) is 0.556. The number of carbonyl (C=O) groups excluding carboxylic acids is 2. The van der Waals surface area contributed by atoms with Crippen molar-refractivity contribution < 1.29 is 22.8 Å². The molecular formula is C18H18BrF3N2O2. The van der Waals surface area contributed by atoms with Gasteiger partial charge in [-0.1, -0.05) is 15.9 Å². The number of nitrogens with one attached hydrogen (secondary N) is 1. The molecular weight excluding hydrogens is 413 g/mol. The Morgan fingerprint density at radius 1 is 1.31 bits per heavy atom. The van der Waals surface area contributed by atoms with Gasteiger partial charge in [0.2, 0.25) is 5.91 Å². The van der Waals surface area contributed by atoms with Crippen molar-refractivity contribution in [1.29, 1.82) is 0 Å². The van der Waals surface area contributed by atoms with Gasteiger partial charge in [0.15, 0.2) is 0 Å². The zero-order valence-electron chi connectivity index (χ0n) is 13.9. The number of hydrogen-bond donors (Lipinski definition) is 1. The first-order valence-electron chi connectivity index (χ1n) is 8.63. The van der Waals surface area contributed by atoms with Crippen LogP contribution in [0.15, 0.2) is 22.7 Å². The number of alkyl halides is 3. The molecule has 4 rings (SSSR count). The Morgan fingerprint density at radius 2 is 2.00 bits per heavy atom. The van der Waals surface area contributed by atoms with Gasteiger partial charge in [-0.2, -0.15) is 13.2 Å². The van der Waals surface area contributed by atoms with Crippen molar-refractivity contribution in [3.8, 4) is 0 Å². The molecule has 3 aliphatic rings. The quantitative estimate of drug-likeness (QED) is 0.798. The molecule has 1 N–H and O–H groups in total. The van der Waals surface area contributed by atoms with Crippen LogP contribution in [0.3, 0.4) is 0 Å². The molecule has 1 aliphatic heterocycles. The van der Waals surface area contributed by atoms with Crippen LogP contribution in [0.25, 0.3) is 0 Å². The molecule has 0 aromatic heterocycles. The third kappa shape index (κ3) is 3.12. The summed E-state index contributed by atoms with van der Waals surface area (Å²) in [6.45, 7) is 0.377. The molecule has 2 amide bonds. The van der Waals surface area contributed by atoms with E-state index in [1.165, 1.54) is 4.90 Å². The van der Waals surface area contributed by atoms with Crippen LogP contribution < -0.4 is 5.32 Å². The van der Waals surface area contributed by atoms with Gasteiger partial charge in [-0.05, 0) is 49.4 Å². The van der Waals surface area contributed by atoms with Gasteiger partial charge in [0, 0.05) is 28.0 Å². The highest BCUT2D eigenvalue weighted by Crippen LogP contribution is 2.52. The SMILES string of the molecule is O=C(CN1CC2(CC2)c2cc(Br)ccc2C1=O)NC1CC(C(F)(F)F)C1. The molecule has 1 heterocycles. The van der Waals surface area contributed by atoms with E-state index in [1.54, 1.807) is 6.07 Å². The minimum Gasteiger partial charge on any atom is -0.352 e. The summed E-state index contributed by atoms with van der Waals surface area (Å²) >= 11 is 3.44. The van der Waals surface area contributed by atoms with E-state index in [4.69, 9.17) is 0 Å². The van der Waals surface area contributed by atoms with Gasteiger partial charge in [-0.15, -0.1) is 0 Å². The first kappa shape index (κ1) is 17.8. The Labute approximate surface area is 157 Å². The second-order valence-electron chi connectivity index (χ2n) is 7.61. The van der Waals surface area contributed by atoms with Gasteiger partial charge in [-0.25, -0.2) is 0 Å². The molecule has 1 aromatic carbocycles. The molecule has 2 aliphatic carbocycles. The topological polar surface area (TPSA) is 49.4 Å². The molecule has 0 saturated heterocycles. The number of halogens is 4. The third-order valence-corrected chi connectivity index (χ3v) is 6.21. The van der Waals surface area contributed by atoms with Crippen LogP contribution in [0.5, 0.6) is 0 Å². The Morgan fingerprint density at radius 3 is 2.62 bits per heavy atom. The van der Waals surface area contributed by atoms with Crippen LogP contribution in [-0.4, -0.2) is 42.0 Å². The molecule has 1 aromatic rings. The number of nitrogens with zero attached hydrogens (tertiary/aromatic N) is 1. The molecule has 0 unspecified atom stereocenters. The molecule has 0 bridgehead atoms. The summed E-state index contributed by atoms with van der Waals surface area (Å²) < 4.78 is 38.5. The predicted molar refractivity (Wildman–Crippen MR) is 91.7 cm³/mol. The second kappa shape index (κ2) is 5.97. The molecule has 2 saturated carbocycles. The van der Waals surface area contributed by atoms with Gasteiger partial charge in [-0.3, -0.25) is 9.59 Å². The summed E-state index contributed by atoms with van der Waals surface area (Å²) in [4.78, 5) is 26.5. The third-order valence-electron chi connectivity index (χ3n) is 5.72. The average molecular weight is 431 g/mol.